The van der Waals surface area contributed by atoms with Crippen molar-refractivity contribution < 1.29 is 8.78 Å². The number of hydrogen-bond donors (Lipinski definition) is 1. The highest BCUT2D eigenvalue weighted by molar-refractivity contribution is 7.80. The maximum absolute atomic E-state index is 13.8. The molecule has 0 bridgehead atoms. The highest BCUT2D eigenvalue weighted by Gasteiger charge is 2.19. The van der Waals surface area contributed by atoms with E-state index in [1.165, 1.54) is 12.1 Å². The Morgan fingerprint density at radius 1 is 1.41 bits per heavy atom. The van der Waals surface area contributed by atoms with Crippen LogP contribution in [0.2, 0.25) is 0 Å². The van der Waals surface area contributed by atoms with E-state index in [0.29, 0.717) is 0 Å². The van der Waals surface area contributed by atoms with Crippen molar-refractivity contribution in [2.24, 2.45) is 5.73 Å². The molecule has 0 saturated carbocycles. The molecule has 0 saturated heterocycles. The topological polar surface area (TPSA) is 29.3 Å². The van der Waals surface area contributed by atoms with Crippen LogP contribution in [0.5, 0.6) is 0 Å². The van der Waals surface area contributed by atoms with Crippen molar-refractivity contribution in [3.05, 3.63) is 29.3 Å². The van der Waals surface area contributed by atoms with Crippen molar-refractivity contribution >= 4 is 22.9 Å². The molecule has 0 heterocycles. The molecule has 0 aliphatic carbocycles. The van der Waals surface area contributed by atoms with Gasteiger partial charge >= 0.3 is 0 Å². The fourth-order valence-corrected chi connectivity index (χ4v) is 1.67. The molecular formula is C12H16F2N2S. The molecule has 1 atom stereocenters. The summed E-state index contributed by atoms with van der Waals surface area (Å²) in [6, 6.07) is 3.04. The Morgan fingerprint density at radius 3 is 2.47 bits per heavy atom. The fraction of sp³-hybridized carbons (Fsp3) is 0.417. The number of anilines is 1. The molecule has 0 spiro atoms. The summed E-state index contributed by atoms with van der Waals surface area (Å²) in [5, 5.41) is 0. The molecule has 94 valence electrons. The van der Waals surface area contributed by atoms with Crippen LogP contribution in [0.15, 0.2) is 12.1 Å². The predicted molar refractivity (Wildman–Crippen MR) is 70.4 cm³/mol. The third kappa shape index (κ3) is 2.72. The van der Waals surface area contributed by atoms with Crippen molar-refractivity contribution in [3.63, 3.8) is 0 Å². The van der Waals surface area contributed by atoms with E-state index in [9.17, 15) is 8.78 Å². The van der Waals surface area contributed by atoms with Gasteiger partial charge in [-0.25, -0.2) is 8.78 Å². The van der Waals surface area contributed by atoms with Gasteiger partial charge in [-0.05, 0) is 25.5 Å². The Kier molecular flexibility index (Phi) is 4.40. The molecule has 0 aliphatic heterocycles. The molecule has 2 N–H and O–H groups in total. The molecule has 0 radical (unpaired) electrons. The van der Waals surface area contributed by atoms with E-state index in [-0.39, 0.29) is 22.3 Å². The monoisotopic (exact) mass is 258 g/mol. The van der Waals surface area contributed by atoms with E-state index in [2.05, 4.69) is 12.2 Å². The third-order valence-electron chi connectivity index (χ3n) is 2.96. The summed E-state index contributed by atoms with van der Waals surface area (Å²) in [4.78, 5) is 1.56. The first-order valence-electron chi connectivity index (χ1n) is 5.40. The minimum atomic E-state index is -0.981. The number of nitrogens with two attached hydrogens (primary N) is 1. The van der Waals surface area contributed by atoms with Crippen LogP contribution in [0.3, 0.4) is 0 Å². The zero-order valence-corrected chi connectivity index (χ0v) is 10.9. The highest BCUT2D eigenvalue weighted by atomic mass is 32.1. The zero-order valence-electron chi connectivity index (χ0n) is 10.1. The smallest absolute Gasteiger partial charge is 0.182 e. The Hall–Kier alpha value is -1.23. The van der Waals surface area contributed by atoms with E-state index >= 15 is 0 Å². The van der Waals surface area contributed by atoms with Crippen LogP contribution < -0.4 is 10.6 Å². The molecular weight excluding hydrogens is 242 g/mol. The van der Waals surface area contributed by atoms with Crippen LogP contribution in [0.1, 0.15) is 25.8 Å². The number of halogens is 2. The zero-order chi connectivity index (χ0) is 13.2. The lowest BCUT2D eigenvalue weighted by molar-refractivity contribution is 0.502. The number of hydrogen-bond acceptors (Lipinski definition) is 2. The normalized spacial score (nSPS) is 12.3. The lowest BCUT2D eigenvalue weighted by Gasteiger charge is -2.26. The molecule has 1 rings (SSSR count). The van der Waals surface area contributed by atoms with Gasteiger partial charge in [0.1, 0.15) is 4.99 Å². The van der Waals surface area contributed by atoms with Crippen LogP contribution in [0.4, 0.5) is 14.5 Å². The molecule has 0 aromatic heterocycles. The largest absolute Gasteiger partial charge is 0.389 e. The van der Waals surface area contributed by atoms with E-state index in [0.717, 1.165) is 6.42 Å². The molecule has 0 amide bonds. The van der Waals surface area contributed by atoms with Crippen molar-refractivity contribution in [1.82, 2.24) is 0 Å². The lowest BCUT2D eigenvalue weighted by atomic mass is 10.1. The first kappa shape index (κ1) is 13.8. The van der Waals surface area contributed by atoms with Gasteiger partial charge in [0, 0.05) is 18.7 Å². The van der Waals surface area contributed by atoms with Gasteiger partial charge in [0.2, 0.25) is 0 Å². The molecule has 0 aliphatic rings. The number of nitrogens with zero attached hydrogens (tertiary/aromatic N) is 1. The van der Waals surface area contributed by atoms with Crippen LogP contribution in [-0.4, -0.2) is 18.1 Å². The number of thiocarbonyl (C=S) groups is 1. The van der Waals surface area contributed by atoms with Gasteiger partial charge in [-0.2, -0.15) is 0 Å². The summed E-state index contributed by atoms with van der Waals surface area (Å²) in [6.45, 7) is 3.93. The maximum Gasteiger partial charge on any atom is 0.182 e. The van der Waals surface area contributed by atoms with Crippen LogP contribution >= 0.6 is 12.2 Å². The van der Waals surface area contributed by atoms with Gasteiger partial charge in [0.15, 0.2) is 11.6 Å². The fourth-order valence-electron chi connectivity index (χ4n) is 1.51. The van der Waals surface area contributed by atoms with Crippen molar-refractivity contribution in [1.29, 1.82) is 0 Å². The molecule has 1 unspecified atom stereocenters. The molecule has 2 nitrogen and oxygen atoms in total. The second-order valence-electron chi connectivity index (χ2n) is 3.99. The van der Waals surface area contributed by atoms with Gasteiger partial charge in [-0.1, -0.05) is 19.1 Å². The molecule has 5 heteroatoms. The van der Waals surface area contributed by atoms with Crippen LogP contribution in [0, 0.1) is 11.6 Å². The molecule has 1 aromatic carbocycles. The minimum absolute atomic E-state index is 0.0567. The third-order valence-corrected chi connectivity index (χ3v) is 3.18. The first-order valence-corrected chi connectivity index (χ1v) is 5.81. The van der Waals surface area contributed by atoms with Crippen LogP contribution in [0.25, 0.3) is 0 Å². The molecule has 1 aromatic rings. The van der Waals surface area contributed by atoms with Gasteiger partial charge in [0.05, 0.1) is 5.69 Å². The standard InChI is InChI=1S/C12H16F2N2S/c1-4-7(2)16(3)9-6-5-8(12(15)17)10(13)11(9)14/h5-7H,4H2,1-3H3,(H2,15,17). The van der Waals surface area contributed by atoms with Gasteiger partial charge in [-0.15, -0.1) is 0 Å². The molecule has 0 fully saturated rings. The summed E-state index contributed by atoms with van der Waals surface area (Å²) in [5.41, 5.74) is 5.47. The number of rotatable bonds is 4. The summed E-state index contributed by atoms with van der Waals surface area (Å²) >= 11 is 4.65. The van der Waals surface area contributed by atoms with Crippen molar-refractivity contribution in [2.45, 2.75) is 26.3 Å². The van der Waals surface area contributed by atoms with Crippen molar-refractivity contribution in [3.8, 4) is 0 Å². The summed E-state index contributed by atoms with van der Waals surface area (Å²) in [6.07, 6.45) is 0.842. The quantitative estimate of drug-likeness (QED) is 0.842. The van der Waals surface area contributed by atoms with Crippen molar-refractivity contribution in [2.75, 3.05) is 11.9 Å². The summed E-state index contributed by atoms with van der Waals surface area (Å²) < 4.78 is 27.5. The predicted octanol–water partition coefficient (Wildman–Crippen LogP) is 2.83. The highest BCUT2D eigenvalue weighted by Crippen LogP contribution is 2.25. The van der Waals surface area contributed by atoms with Crippen LogP contribution in [-0.2, 0) is 0 Å². The Morgan fingerprint density at radius 2 is 2.00 bits per heavy atom. The average Bonchev–Trinajstić information content (AvgIpc) is 2.30. The second-order valence-corrected chi connectivity index (χ2v) is 4.43. The van der Waals surface area contributed by atoms with E-state index in [4.69, 9.17) is 5.73 Å². The van der Waals surface area contributed by atoms with Gasteiger partial charge in [-0.3, -0.25) is 0 Å². The summed E-state index contributed by atoms with van der Waals surface area (Å²) in [7, 11) is 1.73. The maximum atomic E-state index is 13.8. The van der Waals surface area contributed by atoms with E-state index in [1.54, 1.807) is 11.9 Å². The minimum Gasteiger partial charge on any atom is -0.389 e. The van der Waals surface area contributed by atoms with Gasteiger partial charge < -0.3 is 10.6 Å². The Bertz CT molecular complexity index is 435. The van der Waals surface area contributed by atoms with E-state index < -0.39 is 11.6 Å². The number of benzene rings is 1. The van der Waals surface area contributed by atoms with E-state index in [1.807, 2.05) is 13.8 Å². The SMILES string of the molecule is CCC(C)N(C)c1ccc(C(N)=S)c(F)c1F. The first-order chi connectivity index (χ1) is 7.90. The lowest BCUT2D eigenvalue weighted by Crippen LogP contribution is -2.29. The Labute approximate surface area is 105 Å². The summed E-state index contributed by atoms with van der Waals surface area (Å²) in [5.74, 6) is -1.89. The Balaban J connectivity index is 3.21. The second kappa shape index (κ2) is 5.40. The molecule has 17 heavy (non-hydrogen) atoms. The average molecular weight is 258 g/mol. The van der Waals surface area contributed by atoms with Gasteiger partial charge in [0.25, 0.3) is 0 Å².